The number of hydrogen-bond acceptors (Lipinski definition) is 2. The van der Waals surface area contributed by atoms with Gasteiger partial charge in [-0.3, -0.25) is 10.4 Å². The molecule has 3 nitrogen and oxygen atoms in total. The van der Waals surface area contributed by atoms with Gasteiger partial charge in [-0.2, -0.15) is 0 Å². The maximum absolute atomic E-state index is 7.89. The van der Waals surface area contributed by atoms with Gasteiger partial charge >= 0.3 is 0 Å². The molecule has 0 unspecified atom stereocenters. The Labute approximate surface area is 94.7 Å². The fourth-order valence-electron chi connectivity index (χ4n) is 1.35. The molecule has 16 heavy (non-hydrogen) atoms. The lowest BCUT2D eigenvalue weighted by Gasteiger charge is -2.07. The molecule has 0 aliphatic carbocycles. The second kappa shape index (κ2) is 4.57. The third kappa shape index (κ3) is 2.45. The van der Waals surface area contributed by atoms with E-state index in [0.717, 1.165) is 16.9 Å². The van der Waals surface area contributed by atoms with Gasteiger partial charge in [-0.1, -0.05) is 18.2 Å². The van der Waals surface area contributed by atoms with Crippen LogP contribution in [0.1, 0.15) is 11.3 Å². The first-order chi connectivity index (χ1) is 7.75. The molecule has 0 aliphatic heterocycles. The van der Waals surface area contributed by atoms with Crippen molar-refractivity contribution in [3.63, 3.8) is 0 Å². The zero-order valence-electron chi connectivity index (χ0n) is 9.07. The quantitative estimate of drug-likeness (QED) is 0.592. The molecule has 0 amide bonds. The minimum absolute atomic E-state index is 0.360. The summed E-state index contributed by atoms with van der Waals surface area (Å²) in [6.45, 7) is 1.93. The number of para-hydroxylation sites is 1. The average molecular weight is 211 g/mol. The highest BCUT2D eigenvalue weighted by atomic mass is 14.9. The van der Waals surface area contributed by atoms with Crippen LogP contribution in [-0.2, 0) is 0 Å². The summed E-state index contributed by atoms with van der Waals surface area (Å²) >= 11 is 0. The smallest absolute Gasteiger partial charge is 0.131 e. The summed E-state index contributed by atoms with van der Waals surface area (Å²) in [6, 6.07) is 13.5. The van der Waals surface area contributed by atoms with Gasteiger partial charge in [0, 0.05) is 23.1 Å². The molecule has 1 aromatic carbocycles. The number of pyridine rings is 1. The van der Waals surface area contributed by atoms with Crippen LogP contribution in [0.25, 0.3) is 0 Å². The van der Waals surface area contributed by atoms with Crippen LogP contribution in [0.3, 0.4) is 0 Å². The van der Waals surface area contributed by atoms with Crippen LogP contribution in [0.5, 0.6) is 0 Å². The highest BCUT2D eigenvalue weighted by molar-refractivity contribution is 6.05. The summed E-state index contributed by atoms with van der Waals surface area (Å²) in [5.41, 5.74) is 2.65. The molecule has 0 aliphatic rings. The Kier molecular flexibility index (Phi) is 2.96. The third-order valence-electron chi connectivity index (χ3n) is 2.24. The normalized spacial score (nSPS) is 9.81. The number of benzene rings is 1. The van der Waals surface area contributed by atoms with Gasteiger partial charge in [-0.05, 0) is 31.2 Å². The van der Waals surface area contributed by atoms with Crippen LogP contribution >= 0.6 is 0 Å². The van der Waals surface area contributed by atoms with Crippen LogP contribution in [0.2, 0.25) is 0 Å². The molecule has 0 bridgehead atoms. The molecule has 3 heteroatoms. The van der Waals surface area contributed by atoms with Crippen molar-refractivity contribution >= 4 is 11.5 Å². The standard InChI is InChI=1S/C13H13N3/c1-10-7-8-11(9-15-10)13(14)16-12-5-3-2-4-6-12/h2-9H,1H3,(H2,14,16). The minimum atomic E-state index is 0.360. The summed E-state index contributed by atoms with van der Waals surface area (Å²) in [6.07, 6.45) is 1.70. The zero-order valence-corrected chi connectivity index (χ0v) is 9.07. The maximum atomic E-state index is 7.89. The number of hydrogen-bond donors (Lipinski definition) is 2. The predicted octanol–water partition coefficient (Wildman–Crippen LogP) is 2.83. The molecule has 0 atom stereocenters. The summed E-state index contributed by atoms with van der Waals surface area (Å²) in [7, 11) is 0. The lowest BCUT2D eigenvalue weighted by molar-refractivity contribution is 1.19. The monoisotopic (exact) mass is 211 g/mol. The number of nitrogens with zero attached hydrogens (tertiary/aromatic N) is 1. The van der Waals surface area contributed by atoms with Gasteiger partial charge in [0.1, 0.15) is 5.84 Å². The number of aromatic nitrogens is 1. The van der Waals surface area contributed by atoms with E-state index in [-0.39, 0.29) is 0 Å². The molecule has 2 rings (SSSR count). The van der Waals surface area contributed by atoms with Crippen molar-refractivity contribution in [3.05, 3.63) is 59.9 Å². The van der Waals surface area contributed by atoms with Crippen molar-refractivity contribution in [2.75, 3.05) is 5.32 Å². The van der Waals surface area contributed by atoms with Gasteiger partial charge < -0.3 is 5.32 Å². The fraction of sp³-hybridized carbons (Fsp3) is 0.0769. The first-order valence-corrected chi connectivity index (χ1v) is 5.09. The van der Waals surface area contributed by atoms with E-state index in [1.165, 1.54) is 0 Å². The molecule has 2 aromatic rings. The third-order valence-corrected chi connectivity index (χ3v) is 2.24. The Morgan fingerprint density at radius 2 is 1.88 bits per heavy atom. The second-order valence-corrected chi connectivity index (χ2v) is 3.55. The van der Waals surface area contributed by atoms with E-state index in [2.05, 4.69) is 10.3 Å². The van der Waals surface area contributed by atoms with Crippen LogP contribution in [0.4, 0.5) is 5.69 Å². The Morgan fingerprint density at radius 3 is 2.50 bits per heavy atom. The lowest BCUT2D eigenvalue weighted by Crippen LogP contribution is -2.12. The van der Waals surface area contributed by atoms with E-state index in [1.54, 1.807) is 6.20 Å². The number of anilines is 1. The number of nitrogens with one attached hydrogen (secondary N) is 2. The Balaban J connectivity index is 2.12. The minimum Gasteiger partial charge on any atom is -0.340 e. The van der Waals surface area contributed by atoms with Crippen molar-refractivity contribution in [2.45, 2.75) is 6.92 Å². The topological polar surface area (TPSA) is 48.8 Å². The molecule has 0 radical (unpaired) electrons. The van der Waals surface area contributed by atoms with Crippen LogP contribution in [-0.4, -0.2) is 10.8 Å². The number of aryl methyl sites for hydroxylation is 1. The second-order valence-electron chi connectivity index (χ2n) is 3.55. The molecular formula is C13H13N3. The number of rotatable bonds is 2. The molecule has 0 saturated carbocycles. The van der Waals surface area contributed by atoms with Crippen molar-refractivity contribution in [1.82, 2.24) is 4.98 Å². The molecule has 0 spiro atoms. The van der Waals surface area contributed by atoms with Gasteiger partial charge in [0.2, 0.25) is 0 Å². The highest BCUT2D eigenvalue weighted by Crippen LogP contribution is 2.08. The van der Waals surface area contributed by atoms with Gasteiger partial charge in [0.05, 0.1) is 0 Å². The van der Waals surface area contributed by atoms with Crippen LogP contribution in [0.15, 0.2) is 48.7 Å². The summed E-state index contributed by atoms with van der Waals surface area (Å²) in [5, 5.41) is 10.9. The van der Waals surface area contributed by atoms with Gasteiger partial charge in [-0.25, -0.2) is 0 Å². The predicted molar refractivity (Wildman–Crippen MR) is 65.9 cm³/mol. The zero-order chi connectivity index (χ0) is 11.4. The largest absolute Gasteiger partial charge is 0.340 e. The van der Waals surface area contributed by atoms with Crippen LogP contribution in [0, 0.1) is 12.3 Å². The van der Waals surface area contributed by atoms with E-state index >= 15 is 0 Å². The van der Waals surface area contributed by atoms with E-state index < -0.39 is 0 Å². The Morgan fingerprint density at radius 1 is 1.12 bits per heavy atom. The molecule has 80 valence electrons. The molecule has 0 saturated heterocycles. The fourth-order valence-corrected chi connectivity index (χ4v) is 1.35. The summed E-state index contributed by atoms with van der Waals surface area (Å²) < 4.78 is 0. The first-order valence-electron chi connectivity index (χ1n) is 5.09. The molecular weight excluding hydrogens is 198 g/mol. The Hall–Kier alpha value is -2.16. The van der Waals surface area contributed by atoms with Gasteiger partial charge in [0.15, 0.2) is 0 Å². The van der Waals surface area contributed by atoms with Crippen molar-refractivity contribution in [3.8, 4) is 0 Å². The van der Waals surface area contributed by atoms with Crippen LogP contribution < -0.4 is 5.32 Å². The van der Waals surface area contributed by atoms with E-state index in [9.17, 15) is 0 Å². The number of amidine groups is 1. The maximum Gasteiger partial charge on any atom is 0.131 e. The molecule has 1 heterocycles. The summed E-state index contributed by atoms with van der Waals surface area (Å²) in [5.74, 6) is 0.360. The lowest BCUT2D eigenvalue weighted by atomic mass is 10.2. The van der Waals surface area contributed by atoms with E-state index in [1.807, 2.05) is 49.4 Å². The average Bonchev–Trinajstić information content (AvgIpc) is 2.31. The van der Waals surface area contributed by atoms with Crippen molar-refractivity contribution < 1.29 is 0 Å². The van der Waals surface area contributed by atoms with Gasteiger partial charge in [-0.15, -0.1) is 0 Å². The van der Waals surface area contributed by atoms with Gasteiger partial charge in [0.25, 0.3) is 0 Å². The highest BCUT2D eigenvalue weighted by Gasteiger charge is 2.01. The summed E-state index contributed by atoms with van der Waals surface area (Å²) in [4.78, 5) is 4.16. The first kappa shape index (κ1) is 10.4. The van der Waals surface area contributed by atoms with E-state index in [4.69, 9.17) is 5.41 Å². The van der Waals surface area contributed by atoms with Crippen molar-refractivity contribution in [2.24, 2.45) is 0 Å². The molecule has 2 N–H and O–H groups in total. The SMILES string of the molecule is Cc1ccc(C(=N)Nc2ccccc2)cn1. The van der Waals surface area contributed by atoms with E-state index in [0.29, 0.717) is 5.84 Å². The molecule has 0 fully saturated rings. The van der Waals surface area contributed by atoms with Crippen molar-refractivity contribution in [1.29, 1.82) is 5.41 Å². The molecule has 1 aromatic heterocycles. The Bertz CT molecular complexity index is 474.